The van der Waals surface area contributed by atoms with E-state index in [0.29, 0.717) is 6.42 Å². The van der Waals surface area contributed by atoms with Crippen molar-refractivity contribution in [1.29, 1.82) is 0 Å². The molecule has 0 aliphatic carbocycles. The van der Waals surface area contributed by atoms with E-state index in [1.807, 2.05) is 5.32 Å². The monoisotopic (exact) mass is 432 g/mol. The fourth-order valence-electron chi connectivity index (χ4n) is 2.26. The summed E-state index contributed by atoms with van der Waals surface area (Å²) in [4.78, 5) is 69.2. The number of carbonyl (C=O) groups is 6. The lowest BCUT2D eigenvalue weighted by atomic mass is 9.98. The molecule has 0 spiro atoms. The van der Waals surface area contributed by atoms with Crippen molar-refractivity contribution in [3.63, 3.8) is 0 Å². The zero-order chi connectivity index (χ0) is 23.4. The molecule has 0 aromatic carbocycles. The van der Waals surface area contributed by atoms with Crippen LogP contribution in [0, 0.1) is 5.92 Å². The lowest BCUT2D eigenvalue weighted by Crippen LogP contribution is -2.57. The molecule has 13 nitrogen and oxygen atoms in total. The molecule has 0 radical (unpaired) electrons. The Kier molecular flexibility index (Phi) is 11.7. The average molecular weight is 432 g/mol. The first-order valence-electron chi connectivity index (χ1n) is 9.18. The van der Waals surface area contributed by atoms with Crippen LogP contribution in [-0.2, 0) is 28.8 Å². The molecule has 0 bridgehead atoms. The Balaban J connectivity index is 5.37. The van der Waals surface area contributed by atoms with E-state index in [-0.39, 0.29) is 12.3 Å². The van der Waals surface area contributed by atoms with Crippen LogP contribution in [0.2, 0.25) is 0 Å². The third-order valence-electron chi connectivity index (χ3n) is 4.27. The van der Waals surface area contributed by atoms with E-state index in [1.165, 1.54) is 0 Å². The van der Waals surface area contributed by atoms with E-state index in [0.717, 1.165) is 0 Å². The molecule has 0 aromatic heterocycles. The van der Waals surface area contributed by atoms with E-state index >= 15 is 0 Å². The van der Waals surface area contributed by atoms with E-state index in [2.05, 4.69) is 10.6 Å². The van der Waals surface area contributed by atoms with E-state index in [9.17, 15) is 28.8 Å². The smallest absolute Gasteiger partial charge is 0.322 e. The summed E-state index contributed by atoms with van der Waals surface area (Å²) in [5, 5.41) is 32.8. The molecule has 170 valence electrons. The van der Waals surface area contributed by atoms with Gasteiger partial charge in [-0.2, -0.15) is 0 Å². The first-order valence-corrected chi connectivity index (χ1v) is 9.18. The molecule has 8 N–H and O–H groups in total. The minimum Gasteiger partial charge on any atom is -0.481 e. The van der Waals surface area contributed by atoms with Crippen molar-refractivity contribution < 1.29 is 44.1 Å². The fourth-order valence-corrected chi connectivity index (χ4v) is 2.26. The van der Waals surface area contributed by atoms with Gasteiger partial charge >= 0.3 is 17.9 Å². The second kappa shape index (κ2) is 13.1. The molecule has 0 fully saturated rings. The zero-order valence-electron chi connectivity index (χ0n) is 16.7. The van der Waals surface area contributed by atoms with Crippen LogP contribution in [0.25, 0.3) is 0 Å². The standard InChI is InChI=1S/C17H28N4O9/c1-3-8(2)14(18)17(30)20-9(4-5-11(22)23)16(29)21-10(6-12(24)25)15(28)19-7-13(26)27/h8-10,14H,3-7,18H2,1-2H3,(H,19,28)(H,20,30)(H,21,29)(H,22,23)(H,24,25)(H,26,27)/t8-,9-,10-,14-/m0/s1. The molecule has 30 heavy (non-hydrogen) atoms. The summed E-state index contributed by atoms with van der Waals surface area (Å²) in [6.45, 7) is 2.72. The molecule has 13 heteroatoms. The molecule has 0 heterocycles. The van der Waals surface area contributed by atoms with Crippen molar-refractivity contribution in [1.82, 2.24) is 16.0 Å². The van der Waals surface area contributed by atoms with Gasteiger partial charge in [0.2, 0.25) is 17.7 Å². The predicted molar refractivity (Wildman–Crippen MR) is 101 cm³/mol. The predicted octanol–water partition coefficient (Wildman–Crippen LogP) is -2.13. The number of carboxylic acid groups (broad SMARTS) is 3. The highest BCUT2D eigenvalue weighted by atomic mass is 16.4. The second-order valence-electron chi connectivity index (χ2n) is 6.68. The van der Waals surface area contributed by atoms with Gasteiger partial charge in [0.05, 0.1) is 12.5 Å². The third-order valence-corrected chi connectivity index (χ3v) is 4.27. The number of carboxylic acids is 3. The summed E-state index contributed by atoms with van der Waals surface area (Å²) in [7, 11) is 0. The number of hydrogen-bond acceptors (Lipinski definition) is 7. The average Bonchev–Trinajstić information content (AvgIpc) is 2.66. The van der Waals surface area contributed by atoms with Gasteiger partial charge in [0.15, 0.2) is 0 Å². The largest absolute Gasteiger partial charge is 0.481 e. The normalized spacial score (nSPS) is 14.5. The molecule has 0 saturated heterocycles. The highest BCUT2D eigenvalue weighted by Crippen LogP contribution is 2.07. The van der Waals surface area contributed by atoms with Crippen LogP contribution in [0.5, 0.6) is 0 Å². The SMILES string of the molecule is CC[C@H](C)[C@H](N)C(=O)N[C@@H](CCC(=O)O)C(=O)N[C@@H](CC(=O)O)C(=O)NCC(=O)O. The van der Waals surface area contributed by atoms with Crippen LogP contribution in [-0.4, -0.2) is 75.6 Å². The third kappa shape index (κ3) is 10.4. The summed E-state index contributed by atoms with van der Waals surface area (Å²) in [5.41, 5.74) is 5.80. The summed E-state index contributed by atoms with van der Waals surface area (Å²) in [5.74, 6) is -7.07. The maximum atomic E-state index is 12.5. The van der Waals surface area contributed by atoms with Crippen molar-refractivity contribution in [2.24, 2.45) is 11.7 Å². The molecule has 0 saturated carbocycles. The molecule has 0 aromatic rings. The van der Waals surface area contributed by atoms with Crippen LogP contribution in [0.15, 0.2) is 0 Å². The number of nitrogens with one attached hydrogen (secondary N) is 3. The van der Waals surface area contributed by atoms with Gasteiger partial charge in [-0.05, 0) is 12.3 Å². The second-order valence-corrected chi connectivity index (χ2v) is 6.68. The number of carbonyl (C=O) groups excluding carboxylic acids is 3. The Hall–Kier alpha value is -3.22. The quantitative estimate of drug-likeness (QED) is 0.158. The number of hydrogen-bond donors (Lipinski definition) is 7. The molecule has 0 unspecified atom stereocenters. The Morgan fingerprint density at radius 1 is 0.833 bits per heavy atom. The van der Waals surface area contributed by atoms with Crippen LogP contribution in [0.4, 0.5) is 0 Å². The van der Waals surface area contributed by atoms with E-state index in [1.54, 1.807) is 13.8 Å². The van der Waals surface area contributed by atoms with Gasteiger partial charge in [-0.25, -0.2) is 0 Å². The van der Waals surface area contributed by atoms with Crippen molar-refractivity contribution in [3.8, 4) is 0 Å². The molecular formula is C17H28N4O9. The van der Waals surface area contributed by atoms with E-state index in [4.69, 9.17) is 21.1 Å². The Bertz CT molecular complexity index is 668. The van der Waals surface area contributed by atoms with Gasteiger partial charge in [0.1, 0.15) is 18.6 Å². The fraction of sp³-hybridized carbons (Fsp3) is 0.647. The Morgan fingerprint density at radius 2 is 1.40 bits per heavy atom. The van der Waals surface area contributed by atoms with Gasteiger partial charge in [0.25, 0.3) is 0 Å². The summed E-state index contributed by atoms with van der Waals surface area (Å²) in [6, 6.07) is -4.00. The van der Waals surface area contributed by atoms with Crippen molar-refractivity contribution in [3.05, 3.63) is 0 Å². The minimum atomic E-state index is -1.64. The Labute approximate surface area is 172 Å². The maximum Gasteiger partial charge on any atom is 0.322 e. The molecule has 0 aliphatic heterocycles. The lowest BCUT2D eigenvalue weighted by molar-refractivity contribution is -0.141. The summed E-state index contributed by atoms with van der Waals surface area (Å²) >= 11 is 0. The maximum absolute atomic E-state index is 12.5. The van der Waals surface area contributed by atoms with E-state index < -0.39 is 73.1 Å². The number of rotatable bonds is 14. The topological polar surface area (TPSA) is 225 Å². The summed E-state index contributed by atoms with van der Waals surface area (Å²) < 4.78 is 0. The van der Waals surface area contributed by atoms with Crippen LogP contribution < -0.4 is 21.7 Å². The van der Waals surface area contributed by atoms with Crippen LogP contribution >= 0.6 is 0 Å². The van der Waals surface area contributed by atoms with Gasteiger partial charge in [-0.15, -0.1) is 0 Å². The molecule has 0 aliphatic rings. The highest BCUT2D eigenvalue weighted by molar-refractivity contribution is 5.95. The van der Waals surface area contributed by atoms with Gasteiger partial charge in [-0.3, -0.25) is 28.8 Å². The lowest BCUT2D eigenvalue weighted by Gasteiger charge is -2.24. The first-order chi connectivity index (χ1) is 13.9. The molecule has 0 rings (SSSR count). The first kappa shape index (κ1) is 26.8. The summed E-state index contributed by atoms with van der Waals surface area (Å²) in [6.07, 6.45) is -1.11. The van der Waals surface area contributed by atoms with Crippen LogP contribution in [0.3, 0.4) is 0 Å². The van der Waals surface area contributed by atoms with Gasteiger partial charge in [-0.1, -0.05) is 20.3 Å². The van der Waals surface area contributed by atoms with Crippen LogP contribution in [0.1, 0.15) is 39.5 Å². The Morgan fingerprint density at radius 3 is 1.87 bits per heavy atom. The molecule has 4 atom stereocenters. The van der Waals surface area contributed by atoms with Gasteiger partial charge in [0, 0.05) is 6.42 Å². The van der Waals surface area contributed by atoms with Gasteiger partial charge < -0.3 is 37.0 Å². The molecular weight excluding hydrogens is 404 g/mol. The minimum absolute atomic E-state index is 0.227. The van der Waals surface area contributed by atoms with Crippen molar-refractivity contribution >= 4 is 35.6 Å². The number of amides is 3. The number of aliphatic carboxylic acids is 3. The van der Waals surface area contributed by atoms with Crippen molar-refractivity contribution in [2.45, 2.75) is 57.7 Å². The zero-order valence-corrected chi connectivity index (χ0v) is 16.7. The molecule has 3 amide bonds. The highest BCUT2D eigenvalue weighted by Gasteiger charge is 2.30. The number of nitrogens with two attached hydrogens (primary N) is 1. The van der Waals surface area contributed by atoms with Crippen molar-refractivity contribution in [2.75, 3.05) is 6.54 Å².